The fourth-order valence-electron chi connectivity index (χ4n) is 0.719. The molecule has 0 aliphatic carbocycles. The first-order valence-electron chi connectivity index (χ1n) is 3.01. The van der Waals surface area contributed by atoms with Crippen molar-refractivity contribution >= 4 is 29.2 Å². The fourth-order valence-corrected chi connectivity index (χ4v) is 1.20. The molecule has 0 aliphatic rings. The highest BCUT2D eigenvalue weighted by Gasteiger charge is 2.10. The van der Waals surface area contributed by atoms with Gasteiger partial charge in [0.05, 0.1) is 10.6 Å². The highest BCUT2D eigenvalue weighted by Crippen LogP contribution is 2.21. The van der Waals surface area contributed by atoms with E-state index in [-0.39, 0.29) is 10.6 Å². The van der Waals surface area contributed by atoms with Crippen molar-refractivity contribution in [3.8, 4) is 0 Å². The number of carbonyl (C=O) groups excluding carboxylic acids is 1. The van der Waals surface area contributed by atoms with Crippen LogP contribution in [0.15, 0.2) is 18.2 Å². The van der Waals surface area contributed by atoms with E-state index in [0.717, 1.165) is 0 Å². The van der Waals surface area contributed by atoms with Crippen molar-refractivity contribution in [2.75, 3.05) is 0 Å². The third-order valence-corrected chi connectivity index (χ3v) is 1.81. The maximum absolute atomic E-state index is 10.9. The summed E-state index contributed by atoms with van der Waals surface area (Å²) in [7, 11) is 0. The number of hydrogen-bond acceptors (Lipinski definition) is 3. The summed E-state index contributed by atoms with van der Waals surface area (Å²) in [5, 5.41) is 0.673. The van der Waals surface area contributed by atoms with E-state index in [4.69, 9.17) is 23.2 Å². The van der Waals surface area contributed by atoms with Crippen molar-refractivity contribution in [3.05, 3.63) is 33.8 Å². The van der Waals surface area contributed by atoms with E-state index < -0.39 is 5.97 Å². The lowest BCUT2D eigenvalue weighted by Gasteiger charge is -2.00. The Morgan fingerprint density at radius 3 is 2.58 bits per heavy atom. The molecule has 0 bridgehead atoms. The summed E-state index contributed by atoms with van der Waals surface area (Å²) in [4.78, 5) is 14.9. The third kappa shape index (κ3) is 1.88. The van der Waals surface area contributed by atoms with Crippen LogP contribution in [0.2, 0.25) is 10.0 Å². The summed E-state index contributed by atoms with van der Waals surface area (Å²) in [6.07, 6.45) is 0. The number of benzene rings is 1. The second-order valence-electron chi connectivity index (χ2n) is 2.03. The quantitative estimate of drug-likeness (QED) is 0.715. The summed E-state index contributed by atoms with van der Waals surface area (Å²) in [5.74, 6) is 3.99. The molecule has 0 saturated carbocycles. The van der Waals surface area contributed by atoms with E-state index in [9.17, 15) is 4.79 Å². The molecule has 0 atom stereocenters. The van der Waals surface area contributed by atoms with E-state index in [1.165, 1.54) is 18.2 Å². The van der Waals surface area contributed by atoms with Gasteiger partial charge in [-0.25, -0.2) is 4.79 Å². The molecule has 3 nitrogen and oxygen atoms in total. The minimum atomic E-state index is -0.684. The monoisotopic (exact) mass is 205 g/mol. The van der Waals surface area contributed by atoms with Crippen LogP contribution in [0.3, 0.4) is 0 Å². The summed E-state index contributed by atoms with van der Waals surface area (Å²) >= 11 is 11.3. The van der Waals surface area contributed by atoms with E-state index in [1.54, 1.807) is 0 Å². The van der Waals surface area contributed by atoms with Gasteiger partial charge in [0.25, 0.3) is 0 Å². The van der Waals surface area contributed by atoms with E-state index >= 15 is 0 Å². The second kappa shape index (κ2) is 3.76. The molecule has 1 rings (SSSR count). The van der Waals surface area contributed by atoms with Crippen molar-refractivity contribution in [3.63, 3.8) is 0 Å². The summed E-state index contributed by atoms with van der Waals surface area (Å²) in [6, 6.07) is 4.41. The maximum Gasteiger partial charge on any atom is 0.358 e. The summed E-state index contributed by atoms with van der Waals surface area (Å²) in [5.41, 5.74) is 0.198. The van der Waals surface area contributed by atoms with E-state index in [2.05, 4.69) is 10.7 Å². The molecule has 5 heteroatoms. The molecule has 0 spiro atoms. The summed E-state index contributed by atoms with van der Waals surface area (Å²) in [6.45, 7) is 0. The van der Waals surface area contributed by atoms with Crippen LogP contribution >= 0.6 is 23.2 Å². The Balaban J connectivity index is 3.09. The number of halogens is 2. The van der Waals surface area contributed by atoms with Crippen LogP contribution < -0.4 is 5.90 Å². The van der Waals surface area contributed by atoms with Crippen LogP contribution in [0.25, 0.3) is 0 Å². The molecule has 1 aromatic rings. The van der Waals surface area contributed by atoms with Gasteiger partial charge in [-0.15, -0.1) is 0 Å². The number of hydrogen-bond donors (Lipinski definition) is 1. The molecule has 0 aromatic heterocycles. The zero-order valence-electron chi connectivity index (χ0n) is 5.88. The van der Waals surface area contributed by atoms with Gasteiger partial charge in [-0.1, -0.05) is 23.2 Å². The number of rotatable bonds is 1. The van der Waals surface area contributed by atoms with Gasteiger partial charge in [-0.2, -0.15) is 5.90 Å². The van der Waals surface area contributed by atoms with Crippen LogP contribution in [-0.4, -0.2) is 5.97 Å². The van der Waals surface area contributed by atoms with Gasteiger partial charge in [0.15, 0.2) is 0 Å². The Morgan fingerprint density at radius 2 is 2.08 bits per heavy atom. The number of nitrogens with two attached hydrogens (primary N) is 1. The van der Waals surface area contributed by atoms with Crippen molar-refractivity contribution in [1.82, 2.24) is 0 Å². The molecule has 0 heterocycles. The van der Waals surface area contributed by atoms with Crippen LogP contribution in [0, 0.1) is 0 Å². The molecule has 12 heavy (non-hydrogen) atoms. The van der Waals surface area contributed by atoms with Crippen LogP contribution in [0.1, 0.15) is 10.4 Å². The van der Waals surface area contributed by atoms with Gasteiger partial charge >= 0.3 is 5.97 Å². The lowest BCUT2D eigenvalue weighted by molar-refractivity contribution is 0.0503. The van der Waals surface area contributed by atoms with Gasteiger partial charge < -0.3 is 4.84 Å². The molecule has 0 saturated heterocycles. The van der Waals surface area contributed by atoms with E-state index in [0.29, 0.717) is 5.02 Å². The second-order valence-corrected chi connectivity index (χ2v) is 2.87. The van der Waals surface area contributed by atoms with Crippen molar-refractivity contribution in [2.24, 2.45) is 5.90 Å². The molecule has 64 valence electrons. The highest BCUT2D eigenvalue weighted by atomic mass is 35.5. The predicted octanol–water partition coefficient (Wildman–Crippen LogP) is 2.02. The molecule has 1 aromatic carbocycles. The first-order chi connectivity index (χ1) is 5.65. The zero-order valence-corrected chi connectivity index (χ0v) is 7.39. The van der Waals surface area contributed by atoms with Crippen molar-refractivity contribution in [1.29, 1.82) is 0 Å². The van der Waals surface area contributed by atoms with Crippen LogP contribution in [-0.2, 0) is 4.84 Å². The van der Waals surface area contributed by atoms with Gasteiger partial charge in [0, 0.05) is 5.02 Å². The minimum Gasteiger partial charge on any atom is -0.370 e. The molecule has 2 N–H and O–H groups in total. The smallest absolute Gasteiger partial charge is 0.358 e. The van der Waals surface area contributed by atoms with Gasteiger partial charge in [-0.05, 0) is 18.2 Å². The van der Waals surface area contributed by atoms with Crippen molar-refractivity contribution in [2.45, 2.75) is 0 Å². The standard InChI is InChI=1S/C7H5Cl2NO2/c8-4-1-2-5(6(9)3-4)7(11)12-10/h1-3H,10H2. The van der Waals surface area contributed by atoms with Gasteiger partial charge in [-0.3, -0.25) is 0 Å². The van der Waals surface area contributed by atoms with Gasteiger partial charge in [0.2, 0.25) is 0 Å². The molecular formula is C7H5Cl2NO2. The molecular weight excluding hydrogens is 201 g/mol. The zero-order chi connectivity index (χ0) is 9.14. The Hall–Kier alpha value is -0.770. The molecule has 0 amide bonds. The Morgan fingerprint density at radius 1 is 1.42 bits per heavy atom. The predicted molar refractivity (Wildman–Crippen MR) is 46.1 cm³/mol. The average Bonchev–Trinajstić information content (AvgIpc) is 2.03. The largest absolute Gasteiger partial charge is 0.370 e. The fraction of sp³-hybridized carbons (Fsp3) is 0. The molecule has 0 unspecified atom stereocenters. The molecule has 0 radical (unpaired) electrons. The Kier molecular flexibility index (Phi) is 2.92. The van der Waals surface area contributed by atoms with Crippen molar-refractivity contribution < 1.29 is 9.63 Å². The Labute approximate surface area is 79.0 Å². The van der Waals surface area contributed by atoms with Gasteiger partial charge in [0.1, 0.15) is 0 Å². The summed E-state index contributed by atoms with van der Waals surface area (Å²) < 4.78 is 0. The minimum absolute atomic E-state index is 0.198. The number of carbonyl (C=O) groups is 1. The maximum atomic E-state index is 10.9. The normalized spacial score (nSPS) is 9.58. The molecule has 0 aliphatic heterocycles. The lowest BCUT2D eigenvalue weighted by Crippen LogP contribution is -2.10. The average molecular weight is 206 g/mol. The van der Waals surface area contributed by atoms with E-state index in [1.807, 2.05) is 0 Å². The first-order valence-corrected chi connectivity index (χ1v) is 3.77. The topological polar surface area (TPSA) is 52.3 Å². The lowest BCUT2D eigenvalue weighted by atomic mass is 10.2. The van der Waals surface area contributed by atoms with Crippen LogP contribution in [0.5, 0.6) is 0 Å². The van der Waals surface area contributed by atoms with Crippen LogP contribution in [0.4, 0.5) is 0 Å². The Bertz CT molecular complexity index is 314. The first kappa shape index (κ1) is 9.32. The molecule has 0 fully saturated rings. The third-order valence-electron chi connectivity index (χ3n) is 1.26. The highest BCUT2D eigenvalue weighted by molar-refractivity contribution is 6.36. The SMILES string of the molecule is NOC(=O)c1ccc(Cl)cc1Cl.